The normalized spacial score (nSPS) is 21.4. The van der Waals surface area contributed by atoms with E-state index in [0.29, 0.717) is 45.9 Å². The Hall–Kier alpha value is -4.92. The van der Waals surface area contributed by atoms with Crippen molar-refractivity contribution < 1.29 is 27.8 Å². The van der Waals surface area contributed by atoms with Crippen LogP contribution in [0.1, 0.15) is 72.8 Å². The fourth-order valence-corrected chi connectivity index (χ4v) is 15.2. The number of ether oxygens (including phenoxy) is 1. The molecule has 0 bridgehead atoms. The van der Waals surface area contributed by atoms with Crippen molar-refractivity contribution in [3.8, 4) is 34.8 Å². The SMILES string of the molecule is CC(C)[Si](C#Cc1c(F)ccc2cccc(-c3ncc4c(N5CCN(C(=O)O)[C@@H](CC#N)C5)nc(OC[C@@]56CCCN5C[C@H](F)C6)nc4c3F)c12)(C(C)C)C(C)C. The second kappa shape index (κ2) is 15.8. The zero-order chi connectivity index (χ0) is 40.8. The molecule has 0 saturated carbocycles. The number of piperazine rings is 1. The van der Waals surface area contributed by atoms with Gasteiger partial charge in [-0.2, -0.15) is 15.2 Å². The molecule has 0 spiro atoms. The number of rotatable bonds is 9. The molecule has 0 radical (unpaired) electrons. The minimum Gasteiger partial charge on any atom is -0.465 e. The Morgan fingerprint density at radius 1 is 1.05 bits per heavy atom. The van der Waals surface area contributed by atoms with Crippen molar-refractivity contribution >= 4 is 41.7 Å². The molecule has 14 heteroatoms. The third kappa shape index (κ3) is 7.16. The summed E-state index contributed by atoms with van der Waals surface area (Å²) in [5.41, 5.74) is 4.49. The predicted octanol–water partition coefficient (Wildman–Crippen LogP) is 8.73. The van der Waals surface area contributed by atoms with E-state index in [0.717, 1.165) is 19.4 Å². The molecule has 10 nitrogen and oxygen atoms in total. The summed E-state index contributed by atoms with van der Waals surface area (Å²) < 4.78 is 54.3. The molecule has 1 N–H and O–H groups in total. The van der Waals surface area contributed by atoms with Gasteiger partial charge in [-0.15, -0.1) is 5.54 Å². The van der Waals surface area contributed by atoms with Gasteiger partial charge in [0.15, 0.2) is 5.82 Å². The minimum absolute atomic E-state index is 0.0489. The van der Waals surface area contributed by atoms with Gasteiger partial charge in [0.05, 0.1) is 35.0 Å². The van der Waals surface area contributed by atoms with Crippen LogP contribution >= 0.6 is 0 Å². The van der Waals surface area contributed by atoms with E-state index in [2.05, 4.69) is 73.9 Å². The molecule has 1 amide bonds. The van der Waals surface area contributed by atoms with Gasteiger partial charge in [-0.3, -0.25) is 9.88 Å². The van der Waals surface area contributed by atoms with E-state index in [4.69, 9.17) is 9.72 Å². The van der Waals surface area contributed by atoms with Crippen LogP contribution < -0.4 is 9.64 Å². The lowest BCUT2D eigenvalue weighted by atomic mass is 9.95. The lowest BCUT2D eigenvalue weighted by Gasteiger charge is -2.40. The van der Waals surface area contributed by atoms with Gasteiger partial charge in [0.2, 0.25) is 0 Å². The van der Waals surface area contributed by atoms with Crippen molar-refractivity contribution in [1.29, 1.82) is 5.26 Å². The Bertz CT molecular complexity index is 2290. The predicted molar refractivity (Wildman–Crippen MR) is 218 cm³/mol. The molecule has 2 aromatic carbocycles. The molecule has 3 saturated heterocycles. The van der Waals surface area contributed by atoms with E-state index in [1.54, 1.807) is 18.2 Å². The number of hydrogen-bond donors (Lipinski definition) is 1. The third-order valence-electron chi connectivity index (χ3n) is 12.7. The Morgan fingerprint density at radius 2 is 1.81 bits per heavy atom. The number of nitrogens with zero attached hydrogens (tertiary/aromatic N) is 7. The Morgan fingerprint density at radius 3 is 2.51 bits per heavy atom. The maximum absolute atomic E-state index is 17.4. The Kier molecular flexibility index (Phi) is 11.2. The molecule has 5 heterocycles. The molecule has 0 unspecified atom stereocenters. The summed E-state index contributed by atoms with van der Waals surface area (Å²) >= 11 is 0. The molecule has 4 aromatic rings. The number of anilines is 1. The van der Waals surface area contributed by atoms with Crippen molar-refractivity contribution in [2.75, 3.05) is 44.2 Å². The largest absolute Gasteiger partial charge is 0.465 e. The van der Waals surface area contributed by atoms with Crippen molar-refractivity contribution in [2.24, 2.45) is 0 Å². The molecule has 2 aromatic heterocycles. The highest BCUT2D eigenvalue weighted by molar-refractivity contribution is 6.90. The number of carbonyl (C=O) groups is 1. The smallest absolute Gasteiger partial charge is 0.407 e. The van der Waals surface area contributed by atoms with Gasteiger partial charge in [-0.25, -0.2) is 18.0 Å². The van der Waals surface area contributed by atoms with Crippen molar-refractivity contribution in [3.63, 3.8) is 0 Å². The van der Waals surface area contributed by atoms with Gasteiger partial charge in [-0.05, 0) is 47.5 Å². The molecule has 3 atom stereocenters. The fourth-order valence-electron chi connectivity index (χ4n) is 10.0. The summed E-state index contributed by atoms with van der Waals surface area (Å²) in [6.45, 7) is 14.8. The Labute approximate surface area is 333 Å². The molecule has 57 heavy (non-hydrogen) atoms. The van der Waals surface area contributed by atoms with Crippen LogP contribution in [0.3, 0.4) is 0 Å². The number of alkyl halides is 1. The average Bonchev–Trinajstić information content (AvgIpc) is 3.70. The van der Waals surface area contributed by atoms with Crippen LogP contribution in [-0.2, 0) is 0 Å². The molecule has 7 rings (SSSR count). The van der Waals surface area contributed by atoms with E-state index in [-0.39, 0.29) is 66.7 Å². The second-order valence-corrected chi connectivity index (χ2v) is 22.4. The second-order valence-electron chi connectivity index (χ2n) is 16.8. The summed E-state index contributed by atoms with van der Waals surface area (Å²) in [5.74, 6) is 2.31. The number of halogens is 3. The first-order chi connectivity index (χ1) is 27.2. The number of pyridine rings is 1. The first-order valence-corrected chi connectivity index (χ1v) is 22.2. The summed E-state index contributed by atoms with van der Waals surface area (Å²) in [7, 11) is -2.28. The van der Waals surface area contributed by atoms with Crippen LogP contribution in [0.15, 0.2) is 36.5 Å². The lowest BCUT2D eigenvalue weighted by Crippen LogP contribution is -2.55. The minimum atomic E-state index is -2.28. The lowest BCUT2D eigenvalue weighted by molar-refractivity contribution is 0.107. The topological polar surface area (TPSA) is 119 Å². The maximum Gasteiger partial charge on any atom is 0.407 e. The summed E-state index contributed by atoms with van der Waals surface area (Å²) in [4.78, 5) is 31.2. The maximum atomic E-state index is 17.4. The number of fused-ring (bicyclic) bond motifs is 3. The summed E-state index contributed by atoms with van der Waals surface area (Å²) in [6.07, 6.45) is 1.30. The van der Waals surface area contributed by atoms with E-state index in [9.17, 15) is 19.6 Å². The van der Waals surface area contributed by atoms with Gasteiger partial charge in [0.25, 0.3) is 0 Å². The summed E-state index contributed by atoms with van der Waals surface area (Å²) in [6, 6.07) is 9.70. The Balaban J connectivity index is 1.38. The van der Waals surface area contributed by atoms with Gasteiger partial charge in [0, 0.05) is 49.7 Å². The van der Waals surface area contributed by atoms with Crippen LogP contribution in [0.25, 0.3) is 32.9 Å². The highest BCUT2D eigenvalue weighted by Crippen LogP contribution is 2.43. The number of carboxylic acid groups (broad SMARTS) is 1. The highest BCUT2D eigenvalue weighted by Gasteiger charge is 2.49. The first kappa shape index (κ1) is 40.3. The summed E-state index contributed by atoms with van der Waals surface area (Å²) in [5, 5.41) is 20.8. The van der Waals surface area contributed by atoms with E-state index < -0.39 is 43.6 Å². The van der Waals surface area contributed by atoms with Crippen molar-refractivity contribution in [1.82, 2.24) is 24.8 Å². The van der Waals surface area contributed by atoms with Crippen LogP contribution in [-0.4, -0.2) is 101 Å². The fraction of sp³-hybridized carbons (Fsp3) is 0.512. The van der Waals surface area contributed by atoms with Crippen LogP contribution in [0.2, 0.25) is 16.6 Å². The number of nitriles is 1. The number of aromatic nitrogens is 3. The molecule has 3 aliphatic heterocycles. The zero-order valence-corrected chi connectivity index (χ0v) is 34.5. The van der Waals surface area contributed by atoms with Gasteiger partial charge < -0.3 is 19.6 Å². The number of hydrogen-bond acceptors (Lipinski definition) is 8. The molecular formula is C43H50F3N7O3Si. The average molecular weight is 798 g/mol. The monoisotopic (exact) mass is 797 g/mol. The van der Waals surface area contributed by atoms with E-state index in [1.807, 2.05) is 11.0 Å². The molecule has 300 valence electrons. The van der Waals surface area contributed by atoms with Gasteiger partial charge in [0.1, 0.15) is 43.7 Å². The first-order valence-electron chi connectivity index (χ1n) is 19.9. The van der Waals surface area contributed by atoms with Crippen molar-refractivity contribution in [2.45, 2.75) is 102 Å². The molecular weight excluding hydrogens is 748 g/mol. The van der Waals surface area contributed by atoms with Crippen molar-refractivity contribution in [3.05, 3.63) is 53.7 Å². The van der Waals surface area contributed by atoms with E-state index in [1.165, 1.54) is 17.2 Å². The highest BCUT2D eigenvalue weighted by atomic mass is 28.3. The van der Waals surface area contributed by atoms with Crippen LogP contribution in [0, 0.1) is 34.4 Å². The number of amides is 1. The quantitative estimate of drug-likeness (QED) is 0.131. The van der Waals surface area contributed by atoms with Crippen LogP contribution in [0.5, 0.6) is 6.01 Å². The third-order valence-corrected chi connectivity index (χ3v) is 19.0. The van der Waals surface area contributed by atoms with Crippen LogP contribution in [0.4, 0.5) is 23.8 Å². The standard InChI is InChI=1S/C43H50F3N7O3Si/c1-26(2)57(27(3)4,28(5)6)20-14-32-35(45)12-11-29-9-7-10-33(36(29)32)38-37(46)39-34(22-48-38)40(51-18-19-53(42(54)55)31(24-51)13-16-47)50-41(49-39)56-25-43-15-8-17-52(43)23-30(44)21-43/h7,9-12,22,26-28,30-31H,8,13,15,17-19,21,23-25H2,1-6H3,(H,54,55)/t30-,31+,43+/m1/s1. The number of benzene rings is 2. The molecule has 0 aliphatic carbocycles. The van der Waals surface area contributed by atoms with Gasteiger partial charge in [-0.1, -0.05) is 71.7 Å². The van der Waals surface area contributed by atoms with Gasteiger partial charge >= 0.3 is 12.1 Å². The van der Waals surface area contributed by atoms with E-state index >= 15 is 8.78 Å². The zero-order valence-electron chi connectivity index (χ0n) is 33.5. The molecule has 3 fully saturated rings. The molecule has 3 aliphatic rings.